The number of aryl methyl sites for hydroxylation is 5. The lowest BCUT2D eigenvalue weighted by Crippen LogP contribution is -2.25. The summed E-state index contributed by atoms with van der Waals surface area (Å²) in [6.07, 6.45) is 0.630. The molecule has 0 bridgehead atoms. The monoisotopic (exact) mass is 395 g/mol. The molecule has 0 saturated carbocycles. The molecule has 0 fully saturated rings. The molecule has 3 aromatic rings. The van der Waals surface area contributed by atoms with E-state index in [1.165, 1.54) is 11.3 Å². The number of hydrogen-bond acceptors (Lipinski definition) is 7. The summed E-state index contributed by atoms with van der Waals surface area (Å²) in [6.45, 7) is 8.32. The Kier molecular flexibility index (Phi) is 5.26. The van der Waals surface area contributed by atoms with Gasteiger partial charge in [-0.1, -0.05) is 5.16 Å². The molecule has 0 aromatic carbocycles. The minimum atomic E-state index is -3.54. The lowest BCUT2D eigenvalue weighted by Gasteiger charge is -2.05. The standard InChI is InChI=1S/C16H21N5O3S2/c1-10-16(11(2)24-20-10)14-6-7-15(25-14)26(22,23)17-8-5-9-21-13(4)18-12(3)19-21/h6-7,17H,5,8-9H2,1-4H3. The number of sulfonamides is 1. The van der Waals surface area contributed by atoms with E-state index in [0.717, 1.165) is 22.0 Å². The zero-order chi connectivity index (χ0) is 18.9. The van der Waals surface area contributed by atoms with Crippen LogP contribution in [0.15, 0.2) is 20.9 Å². The Morgan fingerprint density at radius 2 is 2.00 bits per heavy atom. The van der Waals surface area contributed by atoms with Gasteiger partial charge in [0.05, 0.1) is 11.3 Å². The Morgan fingerprint density at radius 3 is 2.62 bits per heavy atom. The lowest BCUT2D eigenvalue weighted by molar-refractivity contribution is 0.393. The maximum absolute atomic E-state index is 12.5. The average Bonchev–Trinajstić information content (AvgIpc) is 3.24. The van der Waals surface area contributed by atoms with E-state index in [9.17, 15) is 8.42 Å². The van der Waals surface area contributed by atoms with Crippen LogP contribution in [0.1, 0.15) is 29.5 Å². The summed E-state index contributed by atoms with van der Waals surface area (Å²) in [5.41, 5.74) is 1.60. The average molecular weight is 396 g/mol. The van der Waals surface area contributed by atoms with Gasteiger partial charge in [-0.25, -0.2) is 18.1 Å². The normalized spacial score (nSPS) is 12.0. The maximum Gasteiger partial charge on any atom is 0.250 e. The molecule has 0 amide bonds. The number of nitrogens with one attached hydrogen (secondary N) is 1. The van der Waals surface area contributed by atoms with E-state index >= 15 is 0 Å². The van der Waals surface area contributed by atoms with Crippen molar-refractivity contribution in [3.63, 3.8) is 0 Å². The quantitative estimate of drug-likeness (QED) is 0.617. The first kappa shape index (κ1) is 18.7. The van der Waals surface area contributed by atoms with Crippen molar-refractivity contribution in [3.8, 4) is 10.4 Å². The number of nitrogens with zero attached hydrogens (tertiary/aromatic N) is 4. The van der Waals surface area contributed by atoms with Gasteiger partial charge in [-0.05, 0) is 46.2 Å². The molecule has 0 atom stereocenters. The van der Waals surface area contributed by atoms with Crippen molar-refractivity contribution < 1.29 is 12.9 Å². The van der Waals surface area contributed by atoms with Gasteiger partial charge < -0.3 is 4.52 Å². The van der Waals surface area contributed by atoms with Crippen LogP contribution in [0.2, 0.25) is 0 Å². The Balaban J connectivity index is 1.63. The molecule has 0 aliphatic heterocycles. The molecule has 3 aromatic heterocycles. The van der Waals surface area contributed by atoms with Crippen molar-refractivity contribution in [1.29, 1.82) is 0 Å². The van der Waals surface area contributed by atoms with Crippen LogP contribution in [0.3, 0.4) is 0 Å². The van der Waals surface area contributed by atoms with Crippen LogP contribution >= 0.6 is 11.3 Å². The van der Waals surface area contributed by atoms with Crippen molar-refractivity contribution in [2.24, 2.45) is 0 Å². The van der Waals surface area contributed by atoms with E-state index in [1.54, 1.807) is 16.8 Å². The molecule has 1 N–H and O–H groups in total. The second kappa shape index (κ2) is 7.29. The summed E-state index contributed by atoms with van der Waals surface area (Å²) in [6, 6.07) is 3.40. The lowest BCUT2D eigenvalue weighted by atomic mass is 10.2. The molecule has 8 nitrogen and oxygen atoms in total. The van der Waals surface area contributed by atoms with Crippen molar-refractivity contribution in [1.82, 2.24) is 24.6 Å². The topological polar surface area (TPSA) is 103 Å². The zero-order valence-corrected chi connectivity index (χ0v) is 16.7. The van der Waals surface area contributed by atoms with Crippen molar-refractivity contribution in [2.45, 2.75) is 44.9 Å². The maximum atomic E-state index is 12.5. The van der Waals surface area contributed by atoms with Gasteiger partial charge in [0.15, 0.2) is 0 Å². The third kappa shape index (κ3) is 3.87. The van der Waals surface area contributed by atoms with E-state index < -0.39 is 10.0 Å². The van der Waals surface area contributed by atoms with Gasteiger partial charge in [-0.15, -0.1) is 11.3 Å². The van der Waals surface area contributed by atoms with E-state index in [0.29, 0.717) is 31.1 Å². The summed E-state index contributed by atoms with van der Waals surface area (Å²) < 4.78 is 34.8. The van der Waals surface area contributed by atoms with Gasteiger partial charge >= 0.3 is 0 Å². The highest BCUT2D eigenvalue weighted by Crippen LogP contribution is 2.34. The first-order valence-corrected chi connectivity index (χ1v) is 10.5. The van der Waals surface area contributed by atoms with Crippen molar-refractivity contribution >= 4 is 21.4 Å². The van der Waals surface area contributed by atoms with Gasteiger partial charge in [0.25, 0.3) is 0 Å². The zero-order valence-electron chi connectivity index (χ0n) is 15.1. The molecular weight excluding hydrogens is 374 g/mol. The molecule has 0 aliphatic carbocycles. The van der Waals surface area contributed by atoms with E-state index in [4.69, 9.17) is 4.52 Å². The number of rotatable bonds is 7. The highest BCUT2D eigenvalue weighted by molar-refractivity contribution is 7.91. The second-order valence-electron chi connectivity index (χ2n) is 6.00. The Morgan fingerprint density at radius 1 is 1.23 bits per heavy atom. The fourth-order valence-electron chi connectivity index (χ4n) is 2.71. The Labute approximate surface area is 156 Å². The minimum absolute atomic E-state index is 0.278. The predicted octanol–water partition coefficient (Wildman–Crippen LogP) is 2.60. The number of aromatic nitrogens is 4. The fraction of sp³-hybridized carbons (Fsp3) is 0.438. The Bertz CT molecular complexity index is 997. The Hall–Kier alpha value is -2.04. The number of thiophene rings is 1. The second-order valence-corrected chi connectivity index (χ2v) is 9.08. The van der Waals surface area contributed by atoms with E-state index in [2.05, 4.69) is 20.0 Å². The van der Waals surface area contributed by atoms with Crippen molar-refractivity contribution in [2.75, 3.05) is 6.54 Å². The van der Waals surface area contributed by atoms with Crippen LogP contribution in [0.4, 0.5) is 0 Å². The smallest absolute Gasteiger partial charge is 0.250 e. The summed E-state index contributed by atoms with van der Waals surface area (Å²) in [4.78, 5) is 5.06. The predicted molar refractivity (Wildman–Crippen MR) is 98.6 cm³/mol. The van der Waals surface area contributed by atoms with Crippen molar-refractivity contribution in [3.05, 3.63) is 35.2 Å². The third-order valence-corrected chi connectivity index (χ3v) is 6.98. The van der Waals surface area contributed by atoms with Gasteiger partial charge in [-0.3, -0.25) is 4.68 Å². The molecule has 0 unspecified atom stereocenters. The third-order valence-electron chi connectivity index (χ3n) is 3.93. The summed E-state index contributed by atoms with van der Waals surface area (Å²) in [5.74, 6) is 2.22. The van der Waals surface area contributed by atoms with Crippen LogP contribution in [0.5, 0.6) is 0 Å². The molecule has 0 radical (unpaired) electrons. The largest absolute Gasteiger partial charge is 0.361 e. The highest BCUT2D eigenvalue weighted by atomic mass is 32.2. The first-order valence-electron chi connectivity index (χ1n) is 8.19. The van der Waals surface area contributed by atoms with E-state index in [-0.39, 0.29) is 4.21 Å². The minimum Gasteiger partial charge on any atom is -0.361 e. The highest BCUT2D eigenvalue weighted by Gasteiger charge is 2.20. The molecule has 0 saturated heterocycles. The molecule has 10 heteroatoms. The van der Waals surface area contributed by atoms with Crippen LogP contribution in [0.25, 0.3) is 10.4 Å². The van der Waals surface area contributed by atoms with Gasteiger partial charge in [-0.2, -0.15) is 5.10 Å². The van der Waals surface area contributed by atoms with Crippen LogP contribution < -0.4 is 4.72 Å². The molecule has 3 heterocycles. The summed E-state index contributed by atoms with van der Waals surface area (Å²) in [7, 11) is -3.54. The summed E-state index contributed by atoms with van der Waals surface area (Å²) >= 11 is 1.21. The van der Waals surface area contributed by atoms with Crippen LogP contribution in [-0.2, 0) is 16.6 Å². The first-order chi connectivity index (χ1) is 12.3. The summed E-state index contributed by atoms with van der Waals surface area (Å²) in [5, 5.41) is 8.18. The number of hydrogen-bond donors (Lipinski definition) is 1. The van der Waals surface area contributed by atoms with Gasteiger partial charge in [0, 0.05) is 18.0 Å². The van der Waals surface area contributed by atoms with Crippen LogP contribution in [-0.4, -0.2) is 34.9 Å². The molecule has 140 valence electrons. The molecule has 26 heavy (non-hydrogen) atoms. The van der Waals surface area contributed by atoms with Crippen LogP contribution in [0, 0.1) is 27.7 Å². The van der Waals surface area contributed by atoms with Gasteiger partial charge in [0.2, 0.25) is 10.0 Å². The molecule has 3 rings (SSSR count). The molecule has 0 aliphatic rings. The fourth-order valence-corrected chi connectivity index (χ4v) is 5.28. The SMILES string of the molecule is Cc1nc(C)n(CCCNS(=O)(=O)c2ccc(-c3c(C)noc3C)s2)n1. The molecule has 0 spiro atoms. The van der Waals surface area contributed by atoms with E-state index in [1.807, 2.05) is 27.7 Å². The van der Waals surface area contributed by atoms with Gasteiger partial charge in [0.1, 0.15) is 21.6 Å². The molecular formula is C16H21N5O3S2.